The van der Waals surface area contributed by atoms with Crippen LogP contribution in [0, 0.1) is 0 Å². The maximum absolute atomic E-state index is 4.91. The minimum absolute atomic E-state index is 0.642. The van der Waals surface area contributed by atoms with E-state index in [1.807, 2.05) is 23.9 Å². The molecule has 0 N–H and O–H groups in total. The molecule has 14 heavy (non-hydrogen) atoms. The van der Waals surface area contributed by atoms with E-state index in [0.29, 0.717) is 8.64 Å². The molecule has 0 spiro atoms. The average Bonchev–Trinajstić information content (AvgIpc) is 2.11. The lowest BCUT2D eigenvalue weighted by Gasteiger charge is -2.19. The van der Waals surface area contributed by atoms with Crippen molar-refractivity contribution in [3.05, 3.63) is 0 Å². The summed E-state index contributed by atoms with van der Waals surface area (Å²) in [6.45, 7) is 1.88. The van der Waals surface area contributed by atoms with Crippen LogP contribution >= 0.6 is 49.7 Å². The van der Waals surface area contributed by atoms with Gasteiger partial charge in [0.05, 0.1) is 0 Å². The highest BCUT2D eigenvalue weighted by molar-refractivity contribution is 8.11. The molecule has 82 valence electrons. The molecule has 0 amide bonds. The van der Waals surface area contributed by atoms with E-state index >= 15 is 0 Å². The van der Waals surface area contributed by atoms with Gasteiger partial charge in [0.25, 0.3) is 0 Å². The molecule has 0 rings (SSSR count). The van der Waals surface area contributed by atoms with E-state index in [4.69, 9.17) is 24.4 Å². The van der Waals surface area contributed by atoms with Crippen molar-refractivity contribution in [2.75, 3.05) is 27.2 Å². The van der Waals surface area contributed by atoms with Gasteiger partial charge in [0.2, 0.25) is 0 Å². The number of thiocarbonyl (C=S) groups is 2. The summed E-state index contributed by atoms with van der Waals surface area (Å²) < 4.78 is 1.28. The first kappa shape index (κ1) is 14.5. The highest BCUT2D eigenvalue weighted by atomic mass is 32.1. The number of nitrogens with zero attached hydrogens (tertiary/aromatic N) is 2. The summed E-state index contributed by atoms with van der Waals surface area (Å²) >= 11 is 18.0. The van der Waals surface area contributed by atoms with Gasteiger partial charge >= 0.3 is 0 Å². The molecule has 0 radical (unpaired) electrons. The standard InChI is InChI=1S/C8H16N2S4/c1-9(7(11)12)5-3-4-6-10(2)8(13)14/h3-6H2,1-2H3,(H,11,12)(H,13,14). The van der Waals surface area contributed by atoms with Gasteiger partial charge in [-0.05, 0) is 12.8 Å². The second kappa shape index (κ2) is 7.73. The molecular weight excluding hydrogens is 252 g/mol. The highest BCUT2D eigenvalue weighted by Gasteiger charge is 2.01. The van der Waals surface area contributed by atoms with Crippen LogP contribution in [0.3, 0.4) is 0 Å². The Hall–Kier alpha value is 0.480. The summed E-state index contributed by atoms with van der Waals surface area (Å²) in [5.41, 5.74) is 0. The Kier molecular flexibility index (Phi) is 8.00. The van der Waals surface area contributed by atoms with E-state index in [-0.39, 0.29) is 0 Å². The Bertz CT molecular complexity index is 186. The molecule has 0 saturated heterocycles. The van der Waals surface area contributed by atoms with Crippen molar-refractivity contribution in [2.24, 2.45) is 0 Å². The Morgan fingerprint density at radius 1 is 0.929 bits per heavy atom. The van der Waals surface area contributed by atoms with Crippen molar-refractivity contribution < 1.29 is 0 Å². The summed E-state index contributed by atoms with van der Waals surface area (Å²) in [7, 11) is 3.89. The van der Waals surface area contributed by atoms with Gasteiger partial charge in [0.15, 0.2) is 0 Å². The zero-order chi connectivity index (χ0) is 11.1. The van der Waals surface area contributed by atoms with Crippen molar-refractivity contribution in [3.8, 4) is 0 Å². The predicted molar refractivity (Wildman–Crippen MR) is 77.7 cm³/mol. The molecule has 0 unspecified atom stereocenters. The van der Waals surface area contributed by atoms with E-state index in [9.17, 15) is 0 Å². The van der Waals surface area contributed by atoms with Crippen LogP contribution in [0.15, 0.2) is 0 Å². The largest absolute Gasteiger partial charge is 0.361 e. The van der Waals surface area contributed by atoms with Gasteiger partial charge in [-0.2, -0.15) is 0 Å². The van der Waals surface area contributed by atoms with E-state index in [1.54, 1.807) is 0 Å². The van der Waals surface area contributed by atoms with Gasteiger partial charge in [-0.1, -0.05) is 24.4 Å². The van der Waals surface area contributed by atoms with E-state index in [1.165, 1.54) is 0 Å². The molecule has 0 heterocycles. The van der Waals surface area contributed by atoms with E-state index in [2.05, 4.69) is 25.3 Å². The molecule has 0 aliphatic carbocycles. The Labute approximate surface area is 108 Å². The maximum atomic E-state index is 4.91. The minimum atomic E-state index is 0.642. The van der Waals surface area contributed by atoms with Crippen molar-refractivity contribution in [1.82, 2.24) is 9.80 Å². The predicted octanol–water partition coefficient (Wildman–Crippen LogP) is 2.06. The van der Waals surface area contributed by atoms with Gasteiger partial charge in [0.1, 0.15) is 8.64 Å². The van der Waals surface area contributed by atoms with Crippen molar-refractivity contribution in [1.29, 1.82) is 0 Å². The van der Waals surface area contributed by atoms with Crippen LogP contribution in [0.4, 0.5) is 0 Å². The third-order valence-corrected chi connectivity index (χ3v) is 3.20. The van der Waals surface area contributed by atoms with Crippen molar-refractivity contribution in [3.63, 3.8) is 0 Å². The fourth-order valence-corrected chi connectivity index (χ4v) is 1.27. The smallest absolute Gasteiger partial charge is 0.133 e. The number of rotatable bonds is 5. The second-order valence-electron chi connectivity index (χ2n) is 3.12. The molecular formula is C8H16N2S4. The van der Waals surface area contributed by atoms with E-state index in [0.717, 1.165) is 25.9 Å². The number of hydrogen-bond donors (Lipinski definition) is 2. The van der Waals surface area contributed by atoms with Crippen molar-refractivity contribution in [2.45, 2.75) is 12.8 Å². The molecule has 0 fully saturated rings. The monoisotopic (exact) mass is 268 g/mol. The molecule has 0 aromatic heterocycles. The lowest BCUT2D eigenvalue weighted by molar-refractivity contribution is 0.445. The van der Waals surface area contributed by atoms with Crippen LogP contribution in [0.1, 0.15) is 12.8 Å². The zero-order valence-electron chi connectivity index (χ0n) is 8.43. The summed E-state index contributed by atoms with van der Waals surface area (Å²) in [5.74, 6) is 0. The molecule has 0 atom stereocenters. The third kappa shape index (κ3) is 6.86. The number of thiol groups is 2. The van der Waals surface area contributed by atoms with Crippen LogP contribution in [-0.2, 0) is 0 Å². The van der Waals surface area contributed by atoms with Gasteiger partial charge < -0.3 is 9.80 Å². The summed E-state index contributed by atoms with van der Waals surface area (Å²) in [6, 6.07) is 0. The quantitative estimate of drug-likeness (QED) is 0.447. The molecule has 0 aromatic carbocycles. The number of unbranched alkanes of at least 4 members (excludes halogenated alkanes) is 1. The molecule has 0 saturated carbocycles. The van der Waals surface area contributed by atoms with Crippen LogP contribution < -0.4 is 0 Å². The summed E-state index contributed by atoms with van der Waals surface area (Å²) in [4.78, 5) is 3.91. The second-order valence-corrected chi connectivity index (χ2v) is 5.34. The first-order valence-electron chi connectivity index (χ1n) is 4.33. The van der Waals surface area contributed by atoms with E-state index < -0.39 is 0 Å². The van der Waals surface area contributed by atoms with Crippen LogP contribution in [-0.4, -0.2) is 45.6 Å². The fraction of sp³-hybridized carbons (Fsp3) is 0.750. The zero-order valence-corrected chi connectivity index (χ0v) is 11.9. The summed E-state index contributed by atoms with van der Waals surface area (Å²) in [5, 5.41) is 0. The lowest BCUT2D eigenvalue weighted by atomic mass is 10.3. The highest BCUT2D eigenvalue weighted by Crippen LogP contribution is 2.00. The van der Waals surface area contributed by atoms with Crippen LogP contribution in [0.25, 0.3) is 0 Å². The van der Waals surface area contributed by atoms with Gasteiger partial charge in [-0.25, -0.2) is 0 Å². The van der Waals surface area contributed by atoms with Crippen molar-refractivity contribution >= 4 is 58.3 Å². The summed E-state index contributed by atoms with van der Waals surface area (Å²) in [6.07, 6.45) is 2.16. The molecule has 0 aliphatic heterocycles. The fourth-order valence-electron chi connectivity index (χ4n) is 0.889. The molecule has 0 aliphatic rings. The molecule has 0 aromatic rings. The SMILES string of the molecule is CN(CCCCN(C)C(=S)S)C(=S)S. The molecule has 2 nitrogen and oxygen atoms in total. The van der Waals surface area contributed by atoms with Gasteiger partial charge in [0, 0.05) is 27.2 Å². The average molecular weight is 268 g/mol. The normalized spacial score (nSPS) is 9.71. The maximum Gasteiger partial charge on any atom is 0.133 e. The molecule has 6 heteroatoms. The van der Waals surface area contributed by atoms with Crippen LogP contribution in [0.5, 0.6) is 0 Å². The Morgan fingerprint density at radius 3 is 1.43 bits per heavy atom. The van der Waals surface area contributed by atoms with Crippen LogP contribution in [0.2, 0.25) is 0 Å². The third-order valence-electron chi connectivity index (χ3n) is 1.89. The molecule has 0 bridgehead atoms. The Morgan fingerprint density at radius 2 is 1.21 bits per heavy atom. The lowest BCUT2D eigenvalue weighted by Crippen LogP contribution is -2.25. The number of hydrogen-bond acceptors (Lipinski definition) is 2. The van der Waals surface area contributed by atoms with Gasteiger partial charge in [-0.15, -0.1) is 25.3 Å². The topological polar surface area (TPSA) is 6.48 Å². The Balaban J connectivity index is 3.47. The first-order valence-corrected chi connectivity index (χ1v) is 6.04. The van der Waals surface area contributed by atoms with Gasteiger partial charge in [-0.3, -0.25) is 0 Å². The minimum Gasteiger partial charge on any atom is -0.361 e. The first-order chi connectivity index (χ1) is 6.45.